The van der Waals surface area contributed by atoms with Crippen molar-refractivity contribution in [2.24, 2.45) is 5.73 Å². The van der Waals surface area contributed by atoms with E-state index in [1.165, 1.54) is 11.8 Å². The van der Waals surface area contributed by atoms with Gasteiger partial charge in [0.05, 0.1) is 11.3 Å². The van der Waals surface area contributed by atoms with Crippen LogP contribution in [-0.4, -0.2) is 40.5 Å². The molecule has 8 nitrogen and oxygen atoms in total. The Balaban J connectivity index is 1.27. The molecule has 0 radical (unpaired) electrons. The minimum Gasteiger partial charge on any atom is -0.380 e. The van der Waals surface area contributed by atoms with Crippen molar-refractivity contribution in [1.82, 2.24) is 14.9 Å². The van der Waals surface area contributed by atoms with Gasteiger partial charge in [-0.05, 0) is 54.2 Å². The average molecular weight is 480 g/mol. The topological polar surface area (TPSA) is 103 Å². The largest absolute Gasteiger partial charge is 0.380 e. The van der Waals surface area contributed by atoms with Crippen molar-refractivity contribution < 1.29 is 4.79 Å². The molecule has 1 aliphatic heterocycles. The highest BCUT2D eigenvalue weighted by Gasteiger charge is 2.21. The summed E-state index contributed by atoms with van der Waals surface area (Å²) in [6, 6.07) is 18.4. The summed E-state index contributed by atoms with van der Waals surface area (Å²) in [7, 11) is 0. The second-order valence-electron chi connectivity index (χ2n) is 9.13. The lowest BCUT2D eigenvalue weighted by atomic mass is 9.89. The molecule has 0 spiro atoms. The van der Waals surface area contributed by atoms with Gasteiger partial charge in [-0.1, -0.05) is 24.3 Å². The van der Waals surface area contributed by atoms with Crippen LogP contribution in [0, 0.1) is 6.57 Å². The number of likely N-dealkylation sites (tertiary alicyclic amines) is 1. The standard InChI is InChI=1S/C28H29N7O/c1-30-18-35-13-10-20(11-14-35)19-5-7-22(8-6-19)34-27-15-26(24(17-33-27)28(29)36)32-16-21-3-2-4-25-23(21)9-12-31-25/h2-9,12,15,17,20,31H,10-11,13-14,16,18H2,(H2,29,36)(H2,32,33,34). The molecule has 0 aliphatic carbocycles. The molecule has 4 aromatic rings. The van der Waals surface area contributed by atoms with E-state index in [9.17, 15) is 4.79 Å². The highest BCUT2D eigenvalue weighted by Crippen LogP contribution is 2.30. The van der Waals surface area contributed by atoms with E-state index in [0.717, 1.165) is 48.1 Å². The zero-order chi connectivity index (χ0) is 24.9. The lowest BCUT2D eigenvalue weighted by Crippen LogP contribution is -2.32. The Labute approximate surface area is 210 Å². The quantitative estimate of drug-likeness (QED) is 0.264. The summed E-state index contributed by atoms with van der Waals surface area (Å²) in [5, 5.41) is 7.84. The van der Waals surface area contributed by atoms with Crippen molar-refractivity contribution in [3.63, 3.8) is 0 Å². The fourth-order valence-corrected chi connectivity index (χ4v) is 4.86. The highest BCUT2D eigenvalue weighted by molar-refractivity contribution is 5.98. The first kappa shape index (κ1) is 23.4. The molecule has 2 aromatic heterocycles. The Morgan fingerprint density at radius 2 is 1.97 bits per heavy atom. The first-order valence-electron chi connectivity index (χ1n) is 12.1. The third kappa shape index (κ3) is 5.16. The van der Waals surface area contributed by atoms with Gasteiger partial charge in [-0.3, -0.25) is 9.64 Å². The number of carbonyl (C=O) groups is 1. The molecule has 1 aliphatic rings. The number of anilines is 3. The molecule has 8 heteroatoms. The lowest BCUT2D eigenvalue weighted by Gasteiger charge is -2.28. The summed E-state index contributed by atoms with van der Waals surface area (Å²) >= 11 is 0. The second-order valence-corrected chi connectivity index (χ2v) is 9.13. The number of benzene rings is 2. The zero-order valence-electron chi connectivity index (χ0n) is 20.0. The van der Waals surface area contributed by atoms with Crippen LogP contribution in [0.25, 0.3) is 15.7 Å². The first-order valence-corrected chi connectivity index (χ1v) is 12.1. The summed E-state index contributed by atoms with van der Waals surface area (Å²) in [6.45, 7) is 10.0. The Hall–Kier alpha value is -4.35. The highest BCUT2D eigenvalue weighted by atomic mass is 16.1. The summed E-state index contributed by atoms with van der Waals surface area (Å²) in [5.74, 6) is 0.625. The SMILES string of the molecule is [C-]#[N+]CN1CCC(c2ccc(Nc3cc(NCc4cccc5[nH]ccc45)c(C(N)=O)cn3)cc2)CC1. The second kappa shape index (κ2) is 10.5. The van der Waals surface area contributed by atoms with Crippen LogP contribution < -0.4 is 16.4 Å². The number of fused-ring (bicyclic) bond motifs is 1. The summed E-state index contributed by atoms with van der Waals surface area (Å²) in [4.78, 5) is 25.4. The number of rotatable bonds is 8. The fourth-order valence-electron chi connectivity index (χ4n) is 4.86. The summed E-state index contributed by atoms with van der Waals surface area (Å²) < 4.78 is 0. The number of carbonyl (C=O) groups excluding carboxylic acids is 1. The number of hydrogen-bond acceptors (Lipinski definition) is 5. The molecule has 3 heterocycles. The van der Waals surface area contributed by atoms with Crippen LogP contribution in [0.15, 0.2) is 67.0 Å². The average Bonchev–Trinajstić information content (AvgIpc) is 3.38. The van der Waals surface area contributed by atoms with Gasteiger partial charge in [0.15, 0.2) is 0 Å². The third-order valence-electron chi connectivity index (χ3n) is 6.84. The Kier molecular flexibility index (Phi) is 6.83. The normalized spacial score (nSPS) is 14.4. The van der Waals surface area contributed by atoms with Gasteiger partial charge in [0, 0.05) is 54.7 Å². The van der Waals surface area contributed by atoms with Crippen LogP contribution in [0.2, 0.25) is 0 Å². The molecule has 0 unspecified atom stereocenters. The third-order valence-corrected chi connectivity index (χ3v) is 6.84. The van der Waals surface area contributed by atoms with Gasteiger partial charge in [-0.2, -0.15) is 0 Å². The minimum absolute atomic E-state index is 0.349. The predicted octanol–water partition coefficient (Wildman–Crippen LogP) is 5.07. The Morgan fingerprint density at radius 1 is 1.17 bits per heavy atom. The van der Waals surface area contributed by atoms with E-state index >= 15 is 0 Å². The summed E-state index contributed by atoms with van der Waals surface area (Å²) in [5.41, 5.74) is 11.0. The van der Waals surface area contributed by atoms with E-state index < -0.39 is 5.91 Å². The lowest BCUT2D eigenvalue weighted by molar-refractivity contribution is 0.100. The van der Waals surface area contributed by atoms with Crippen molar-refractivity contribution in [3.8, 4) is 0 Å². The number of hydrogen-bond donors (Lipinski definition) is 4. The van der Waals surface area contributed by atoms with Crippen LogP contribution in [0.4, 0.5) is 17.2 Å². The molecule has 1 fully saturated rings. The number of aromatic amines is 1. The van der Waals surface area contributed by atoms with Crippen molar-refractivity contribution >= 4 is 34.0 Å². The van der Waals surface area contributed by atoms with E-state index in [-0.39, 0.29) is 0 Å². The molecule has 2 aromatic carbocycles. The number of pyridine rings is 1. The van der Waals surface area contributed by atoms with E-state index in [1.54, 1.807) is 0 Å². The van der Waals surface area contributed by atoms with Gasteiger partial charge in [0.25, 0.3) is 12.6 Å². The monoisotopic (exact) mass is 479 g/mol. The van der Waals surface area contributed by atoms with Gasteiger partial charge in [-0.15, -0.1) is 0 Å². The van der Waals surface area contributed by atoms with Gasteiger partial charge in [-0.25, -0.2) is 16.5 Å². The Morgan fingerprint density at radius 3 is 2.72 bits per heavy atom. The maximum atomic E-state index is 12.0. The van der Waals surface area contributed by atoms with Gasteiger partial charge in [0.1, 0.15) is 5.82 Å². The van der Waals surface area contributed by atoms with Crippen LogP contribution in [0.1, 0.15) is 40.2 Å². The molecule has 5 N–H and O–H groups in total. The number of nitrogens with two attached hydrogens (primary N) is 1. The molecular formula is C28H29N7O. The molecule has 36 heavy (non-hydrogen) atoms. The number of nitrogens with one attached hydrogen (secondary N) is 3. The van der Waals surface area contributed by atoms with Crippen molar-refractivity contribution in [2.75, 3.05) is 30.4 Å². The van der Waals surface area contributed by atoms with E-state index in [1.807, 2.05) is 30.5 Å². The van der Waals surface area contributed by atoms with Crippen molar-refractivity contribution in [1.29, 1.82) is 0 Å². The van der Waals surface area contributed by atoms with E-state index in [4.69, 9.17) is 12.3 Å². The zero-order valence-corrected chi connectivity index (χ0v) is 20.0. The van der Waals surface area contributed by atoms with Gasteiger partial charge >= 0.3 is 0 Å². The smallest absolute Gasteiger partial charge is 0.270 e. The van der Waals surface area contributed by atoms with Crippen LogP contribution in [0.5, 0.6) is 0 Å². The molecule has 0 saturated carbocycles. The maximum absolute atomic E-state index is 12.0. The molecule has 0 bridgehead atoms. The molecule has 0 atom stereocenters. The molecule has 5 rings (SSSR count). The minimum atomic E-state index is -0.525. The molecular weight excluding hydrogens is 450 g/mol. The number of aromatic nitrogens is 2. The maximum Gasteiger partial charge on any atom is 0.270 e. The fraction of sp³-hybridized carbons (Fsp3) is 0.250. The molecule has 1 amide bonds. The van der Waals surface area contributed by atoms with Crippen LogP contribution >= 0.6 is 0 Å². The van der Waals surface area contributed by atoms with Gasteiger partial charge < -0.3 is 21.4 Å². The van der Waals surface area contributed by atoms with Crippen molar-refractivity contribution in [2.45, 2.75) is 25.3 Å². The number of H-pyrrole nitrogens is 1. The van der Waals surface area contributed by atoms with E-state index in [0.29, 0.717) is 36.2 Å². The number of amides is 1. The first-order chi connectivity index (χ1) is 17.6. The Bertz CT molecular complexity index is 1400. The number of nitrogens with zero attached hydrogens (tertiary/aromatic N) is 3. The van der Waals surface area contributed by atoms with Crippen LogP contribution in [0.3, 0.4) is 0 Å². The molecule has 1 saturated heterocycles. The summed E-state index contributed by atoms with van der Waals surface area (Å²) in [6.07, 6.45) is 5.57. The van der Waals surface area contributed by atoms with Crippen molar-refractivity contribution in [3.05, 3.63) is 95.1 Å². The van der Waals surface area contributed by atoms with Gasteiger partial charge in [0.2, 0.25) is 0 Å². The predicted molar refractivity (Wildman–Crippen MR) is 143 cm³/mol. The number of piperidine rings is 1. The van der Waals surface area contributed by atoms with E-state index in [2.05, 4.69) is 60.7 Å². The van der Waals surface area contributed by atoms with Crippen LogP contribution in [-0.2, 0) is 6.54 Å². The molecule has 182 valence electrons. The number of primary amides is 1.